The summed E-state index contributed by atoms with van der Waals surface area (Å²) in [4.78, 5) is 8.65. The molecule has 1 heterocycles. The summed E-state index contributed by atoms with van der Waals surface area (Å²) >= 11 is 0. The Morgan fingerprint density at radius 2 is 1.55 bits per heavy atom. The average Bonchev–Trinajstić information content (AvgIpc) is 2.87. The molecule has 38 heavy (non-hydrogen) atoms. The van der Waals surface area contributed by atoms with Crippen LogP contribution in [0.5, 0.6) is 11.5 Å². The van der Waals surface area contributed by atoms with Gasteiger partial charge in [-0.1, -0.05) is 37.6 Å². The van der Waals surface area contributed by atoms with Crippen LogP contribution in [0, 0.1) is 17.5 Å². The van der Waals surface area contributed by atoms with E-state index in [0.29, 0.717) is 40.1 Å². The summed E-state index contributed by atoms with van der Waals surface area (Å²) in [6, 6.07) is 10.2. The van der Waals surface area contributed by atoms with Gasteiger partial charge < -0.3 is 9.47 Å². The lowest BCUT2D eigenvalue weighted by Gasteiger charge is -2.12. The van der Waals surface area contributed by atoms with Crippen molar-refractivity contribution < 1.29 is 35.8 Å². The fraction of sp³-hybridized carbons (Fsp3) is 0.286. The van der Waals surface area contributed by atoms with E-state index in [9.17, 15) is 22.0 Å². The van der Waals surface area contributed by atoms with Crippen LogP contribution in [0.15, 0.2) is 54.9 Å². The molecule has 1 aromatic heterocycles. The highest BCUT2D eigenvalue weighted by Crippen LogP contribution is 2.29. The number of alkyl halides is 3. The van der Waals surface area contributed by atoms with Crippen molar-refractivity contribution in [3.63, 3.8) is 0 Å². The van der Waals surface area contributed by atoms with Gasteiger partial charge in [0.05, 0.1) is 19.0 Å². The van der Waals surface area contributed by atoms with Crippen LogP contribution in [0.3, 0.4) is 0 Å². The Bertz CT molecular complexity index is 1380. The third-order valence-electron chi connectivity index (χ3n) is 5.81. The van der Waals surface area contributed by atoms with Gasteiger partial charge in [0, 0.05) is 10.9 Å². The molecule has 0 bridgehead atoms. The summed E-state index contributed by atoms with van der Waals surface area (Å²) in [7, 11) is 0. The van der Waals surface area contributed by atoms with Gasteiger partial charge in [-0.05, 0) is 54.0 Å². The zero-order valence-corrected chi connectivity index (χ0v) is 20.4. The molecule has 0 saturated heterocycles. The Morgan fingerprint density at radius 3 is 2.21 bits per heavy atom. The molecule has 0 N–H and O–H groups in total. The van der Waals surface area contributed by atoms with Crippen molar-refractivity contribution in [2.75, 3.05) is 13.2 Å². The first-order valence-electron chi connectivity index (χ1n) is 12.0. The molecule has 0 spiro atoms. The number of rotatable bonds is 10. The number of hydrogen-bond donors (Lipinski definition) is 0. The number of aryl methyl sites for hydroxylation is 2. The van der Waals surface area contributed by atoms with E-state index in [-0.39, 0.29) is 18.4 Å². The summed E-state index contributed by atoms with van der Waals surface area (Å²) in [5.41, 5.74) is 1.19. The maximum absolute atomic E-state index is 15.2. The van der Waals surface area contributed by atoms with Crippen molar-refractivity contribution in [1.82, 2.24) is 9.97 Å². The zero-order valence-electron chi connectivity index (χ0n) is 20.4. The topological polar surface area (TPSA) is 44.2 Å². The Morgan fingerprint density at radius 1 is 0.842 bits per heavy atom. The van der Waals surface area contributed by atoms with Crippen molar-refractivity contribution >= 4 is 10.8 Å². The second-order valence-corrected chi connectivity index (χ2v) is 8.71. The zero-order chi connectivity index (χ0) is 27.3. The van der Waals surface area contributed by atoms with Crippen molar-refractivity contribution in [1.29, 1.82) is 0 Å². The largest absolute Gasteiger partial charge is 0.490 e. The summed E-state index contributed by atoms with van der Waals surface area (Å²) in [6.45, 7) is 0.844. The van der Waals surface area contributed by atoms with Gasteiger partial charge in [-0.3, -0.25) is 0 Å². The minimum atomic E-state index is -4.73. The second kappa shape index (κ2) is 11.7. The quantitative estimate of drug-likeness (QED) is 0.155. The van der Waals surface area contributed by atoms with Crippen LogP contribution in [0.2, 0.25) is 0 Å². The minimum absolute atomic E-state index is 0.0639. The normalized spacial score (nSPS) is 11.7. The third kappa shape index (κ3) is 6.73. The number of hydrogen-bond acceptors (Lipinski definition) is 4. The van der Waals surface area contributed by atoms with Gasteiger partial charge >= 0.3 is 6.18 Å². The van der Waals surface area contributed by atoms with Gasteiger partial charge in [0.25, 0.3) is 0 Å². The molecule has 200 valence electrons. The predicted octanol–water partition coefficient (Wildman–Crippen LogP) is 7.62. The van der Waals surface area contributed by atoms with Crippen LogP contribution in [-0.2, 0) is 12.8 Å². The monoisotopic (exact) mass is 534 g/mol. The van der Waals surface area contributed by atoms with Gasteiger partial charge in [-0.2, -0.15) is 13.2 Å². The first kappa shape index (κ1) is 27.2. The molecule has 0 aliphatic heterocycles. The van der Waals surface area contributed by atoms with E-state index in [1.54, 1.807) is 42.7 Å². The van der Waals surface area contributed by atoms with Crippen LogP contribution >= 0.6 is 0 Å². The SMILES string of the molecule is CCCCOc1cnc(-c2ccc3c(F)c(CCc4cc(F)c(OCC(F)(F)F)c(F)c4)ccc3c2)nc1. The molecule has 0 amide bonds. The van der Waals surface area contributed by atoms with Crippen LogP contribution in [0.4, 0.5) is 26.3 Å². The Balaban J connectivity index is 1.46. The molecule has 0 aliphatic rings. The fourth-order valence-electron chi connectivity index (χ4n) is 3.87. The van der Waals surface area contributed by atoms with Gasteiger partial charge in [-0.15, -0.1) is 0 Å². The van der Waals surface area contributed by atoms with Crippen molar-refractivity contribution in [2.45, 2.75) is 38.8 Å². The average molecular weight is 535 g/mol. The molecule has 4 rings (SSSR count). The maximum Gasteiger partial charge on any atom is 0.422 e. The fourth-order valence-corrected chi connectivity index (χ4v) is 3.87. The Hall–Kier alpha value is -3.82. The van der Waals surface area contributed by atoms with Gasteiger partial charge in [0.1, 0.15) is 5.82 Å². The molecule has 0 radical (unpaired) electrons. The molecular weight excluding hydrogens is 510 g/mol. The molecular formula is C28H24F6N2O2. The number of ether oxygens (including phenoxy) is 2. The number of benzene rings is 3. The lowest BCUT2D eigenvalue weighted by atomic mass is 9.98. The van der Waals surface area contributed by atoms with E-state index in [4.69, 9.17) is 4.74 Å². The molecule has 0 fully saturated rings. The van der Waals surface area contributed by atoms with Crippen LogP contribution in [0.1, 0.15) is 30.9 Å². The lowest BCUT2D eigenvalue weighted by Crippen LogP contribution is -2.20. The van der Waals surface area contributed by atoms with E-state index >= 15 is 4.39 Å². The number of unbranched alkanes of at least 4 members (excludes halogenated alkanes) is 1. The van der Waals surface area contributed by atoms with E-state index in [1.807, 2.05) is 0 Å². The first-order chi connectivity index (χ1) is 18.1. The van der Waals surface area contributed by atoms with Gasteiger partial charge in [-0.25, -0.2) is 23.1 Å². The van der Waals surface area contributed by atoms with E-state index in [0.717, 1.165) is 25.0 Å². The highest BCUT2D eigenvalue weighted by Gasteiger charge is 2.30. The summed E-state index contributed by atoms with van der Waals surface area (Å²) < 4.78 is 90.2. The highest BCUT2D eigenvalue weighted by molar-refractivity contribution is 5.87. The molecule has 0 atom stereocenters. The summed E-state index contributed by atoms with van der Waals surface area (Å²) in [6.07, 6.45) is 0.580. The number of fused-ring (bicyclic) bond motifs is 1. The van der Waals surface area contributed by atoms with Crippen molar-refractivity contribution in [2.24, 2.45) is 0 Å². The molecule has 0 saturated carbocycles. The van der Waals surface area contributed by atoms with Crippen LogP contribution in [-0.4, -0.2) is 29.4 Å². The maximum atomic E-state index is 15.2. The molecule has 0 aliphatic carbocycles. The Labute approximate surface area is 215 Å². The minimum Gasteiger partial charge on any atom is -0.490 e. The smallest absolute Gasteiger partial charge is 0.422 e. The van der Waals surface area contributed by atoms with E-state index in [1.165, 1.54) is 0 Å². The standard InChI is InChI=1S/C28H24F6N2O2/c1-2-3-10-37-21-14-35-27(36-15-21)20-8-9-22-19(13-20)7-6-18(25(22)31)5-4-17-11-23(29)26(24(30)12-17)38-16-28(32,33)34/h6-9,11-15H,2-5,10,16H2,1H3. The predicted molar refractivity (Wildman–Crippen MR) is 131 cm³/mol. The summed E-state index contributed by atoms with van der Waals surface area (Å²) in [5.74, 6) is -3.04. The Kier molecular flexibility index (Phi) is 8.38. The third-order valence-corrected chi connectivity index (χ3v) is 5.81. The van der Waals surface area contributed by atoms with Crippen LogP contribution in [0.25, 0.3) is 22.2 Å². The van der Waals surface area contributed by atoms with E-state index < -0.39 is 36.0 Å². The molecule has 4 nitrogen and oxygen atoms in total. The highest BCUT2D eigenvalue weighted by atomic mass is 19.4. The molecule has 0 unspecified atom stereocenters. The van der Waals surface area contributed by atoms with Gasteiger partial charge in [0.2, 0.25) is 0 Å². The number of aromatic nitrogens is 2. The van der Waals surface area contributed by atoms with Crippen molar-refractivity contribution in [3.05, 3.63) is 83.4 Å². The number of halogens is 6. The van der Waals surface area contributed by atoms with Gasteiger partial charge in [0.15, 0.2) is 35.6 Å². The molecule has 3 aromatic carbocycles. The van der Waals surface area contributed by atoms with E-state index in [2.05, 4.69) is 21.6 Å². The lowest BCUT2D eigenvalue weighted by molar-refractivity contribution is -0.154. The van der Waals surface area contributed by atoms with Crippen LogP contribution < -0.4 is 9.47 Å². The van der Waals surface area contributed by atoms with Crippen molar-refractivity contribution in [3.8, 4) is 22.9 Å². The molecule has 4 aromatic rings. The second-order valence-electron chi connectivity index (χ2n) is 8.71. The number of nitrogens with zero attached hydrogens (tertiary/aromatic N) is 2. The first-order valence-corrected chi connectivity index (χ1v) is 12.0. The molecule has 10 heteroatoms. The summed E-state index contributed by atoms with van der Waals surface area (Å²) in [5, 5.41) is 0.984.